The number of nitrogens with one attached hydrogen (secondary N) is 1. The van der Waals surface area contributed by atoms with E-state index in [-0.39, 0.29) is 11.3 Å². The van der Waals surface area contributed by atoms with Crippen LogP contribution in [0.3, 0.4) is 0 Å². The molecule has 2 heteroatoms. The van der Waals surface area contributed by atoms with Crippen molar-refractivity contribution in [2.45, 2.75) is 58.8 Å². The molecule has 0 saturated heterocycles. The molecular formula is C15H25NO. The maximum absolute atomic E-state index is 12.3. The molecule has 0 aromatic rings. The van der Waals surface area contributed by atoms with Crippen molar-refractivity contribution in [3.63, 3.8) is 0 Å². The van der Waals surface area contributed by atoms with E-state index in [1.807, 2.05) is 0 Å². The standard InChI is InChI=1S/C15H25NO/c1-4-5-8-11-16-14(17)15(12-13(2)3)9-6-7-10-15/h1,13H,5-12H2,2-3H3,(H,16,17). The van der Waals surface area contributed by atoms with Gasteiger partial charge in [0.2, 0.25) is 5.91 Å². The SMILES string of the molecule is C#CCCCNC(=O)C1(CC(C)C)CCCC1. The summed E-state index contributed by atoms with van der Waals surface area (Å²) in [5, 5.41) is 3.07. The highest BCUT2D eigenvalue weighted by atomic mass is 16.2. The Morgan fingerprint density at radius 1 is 1.41 bits per heavy atom. The fourth-order valence-corrected chi connectivity index (χ4v) is 2.94. The molecule has 0 radical (unpaired) electrons. The van der Waals surface area contributed by atoms with Gasteiger partial charge >= 0.3 is 0 Å². The molecule has 0 unspecified atom stereocenters. The van der Waals surface area contributed by atoms with Crippen molar-refractivity contribution < 1.29 is 4.79 Å². The van der Waals surface area contributed by atoms with Gasteiger partial charge in [0.05, 0.1) is 0 Å². The highest BCUT2D eigenvalue weighted by Crippen LogP contribution is 2.43. The van der Waals surface area contributed by atoms with Gasteiger partial charge in [-0.15, -0.1) is 12.3 Å². The van der Waals surface area contributed by atoms with Crippen LogP contribution < -0.4 is 5.32 Å². The quantitative estimate of drug-likeness (QED) is 0.556. The van der Waals surface area contributed by atoms with Crippen molar-refractivity contribution in [3.8, 4) is 12.3 Å². The molecular weight excluding hydrogens is 210 g/mol. The summed E-state index contributed by atoms with van der Waals surface area (Å²) in [6.45, 7) is 5.13. The lowest BCUT2D eigenvalue weighted by atomic mass is 9.77. The minimum atomic E-state index is -0.0791. The van der Waals surface area contributed by atoms with Crippen LogP contribution in [-0.2, 0) is 4.79 Å². The third-order valence-corrected chi connectivity index (χ3v) is 3.62. The average molecular weight is 235 g/mol. The monoisotopic (exact) mass is 235 g/mol. The molecule has 1 aliphatic carbocycles. The van der Waals surface area contributed by atoms with Gasteiger partial charge in [-0.05, 0) is 31.6 Å². The van der Waals surface area contributed by atoms with Crippen LogP contribution in [0, 0.1) is 23.7 Å². The van der Waals surface area contributed by atoms with Crippen molar-refractivity contribution >= 4 is 5.91 Å². The molecule has 0 bridgehead atoms. The van der Waals surface area contributed by atoms with Gasteiger partial charge in [0, 0.05) is 18.4 Å². The van der Waals surface area contributed by atoms with Crippen LogP contribution in [0.4, 0.5) is 0 Å². The highest BCUT2D eigenvalue weighted by molar-refractivity contribution is 5.82. The summed E-state index contributed by atoms with van der Waals surface area (Å²) in [5.74, 6) is 3.45. The molecule has 0 spiro atoms. The first-order chi connectivity index (χ1) is 8.10. The molecule has 0 aliphatic heterocycles. The molecule has 0 aromatic carbocycles. The largest absolute Gasteiger partial charge is 0.356 e. The van der Waals surface area contributed by atoms with Crippen LogP contribution in [0.1, 0.15) is 58.8 Å². The molecule has 2 nitrogen and oxygen atoms in total. The maximum atomic E-state index is 12.3. The Hall–Kier alpha value is -0.970. The van der Waals surface area contributed by atoms with E-state index < -0.39 is 0 Å². The van der Waals surface area contributed by atoms with Crippen LogP contribution >= 0.6 is 0 Å². The van der Waals surface area contributed by atoms with Crippen molar-refractivity contribution in [2.75, 3.05) is 6.54 Å². The second-order valence-electron chi connectivity index (χ2n) is 5.65. The summed E-state index contributed by atoms with van der Waals surface area (Å²) >= 11 is 0. The zero-order chi connectivity index (χ0) is 12.7. The molecule has 17 heavy (non-hydrogen) atoms. The molecule has 0 aromatic heterocycles. The van der Waals surface area contributed by atoms with Gasteiger partial charge in [0.1, 0.15) is 0 Å². The Balaban J connectivity index is 2.47. The predicted molar refractivity (Wildman–Crippen MR) is 71.4 cm³/mol. The number of unbranched alkanes of at least 4 members (excludes halogenated alkanes) is 1. The van der Waals surface area contributed by atoms with Crippen molar-refractivity contribution in [1.82, 2.24) is 5.32 Å². The average Bonchev–Trinajstić information content (AvgIpc) is 2.73. The van der Waals surface area contributed by atoms with E-state index in [2.05, 4.69) is 25.1 Å². The fraction of sp³-hybridized carbons (Fsp3) is 0.800. The Labute approximate surface area is 106 Å². The number of amides is 1. The summed E-state index contributed by atoms with van der Waals surface area (Å²) < 4.78 is 0. The Bertz CT molecular complexity index is 282. The number of hydrogen-bond acceptors (Lipinski definition) is 1. The number of carbonyl (C=O) groups excluding carboxylic acids is 1. The number of rotatable bonds is 6. The summed E-state index contributed by atoms with van der Waals surface area (Å²) in [7, 11) is 0. The molecule has 0 heterocycles. The molecule has 1 amide bonds. The zero-order valence-corrected chi connectivity index (χ0v) is 11.2. The fourth-order valence-electron chi connectivity index (χ4n) is 2.94. The summed E-state index contributed by atoms with van der Waals surface area (Å²) in [6, 6.07) is 0. The predicted octanol–water partition coefficient (Wildman–Crippen LogP) is 3.12. The van der Waals surface area contributed by atoms with E-state index in [1.165, 1.54) is 12.8 Å². The third kappa shape index (κ3) is 4.07. The number of carbonyl (C=O) groups is 1. The summed E-state index contributed by atoms with van der Waals surface area (Å²) in [5.41, 5.74) is -0.0791. The normalized spacial score (nSPS) is 18.0. The lowest BCUT2D eigenvalue weighted by Gasteiger charge is -2.29. The third-order valence-electron chi connectivity index (χ3n) is 3.62. The molecule has 1 N–H and O–H groups in total. The summed E-state index contributed by atoms with van der Waals surface area (Å²) in [4.78, 5) is 12.3. The molecule has 1 rings (SSSR count). The van der Waals surface area contributed by atoms with E-state index >= 15 is 0 Å². The first-order valence-electron chi connectivity index (χ1n) is 6.82. The van der Waals surface area contributed by atoms with Crippen LogP contribution in [0.2, 0.25) is 0 Å². The minimum absolute atomic E-state index is 0.0791. The van der Waals surface area contributed by atoms with E-state index in [0.29, 0.717) is 5.92 Å². The van der Waals surface area contributed by atoms with Crippen molar-refractivity contribution in [2.24, 2.45) is 11.3 Å². The molecule has 1 saturated carbocycles. The lowest BCUT2D eigenvalue weighted by Crippen LogP contribution is -2.40. The van der Waals surface area contributed by atoms with E-state index in [0.717, 1.165) is 38.6 Å². The zero-order valence-electron chi connectivity index (χ0n) is 11.2. The van der Waals surface area contributed by atoms with Gasteiger partial charge in [-0.1, -0.05) is 26.7 Å². The molecule has 96 valence electrons. The highest BCUT2D eigenvalue weighted by Gasteiger charge is 2.40. The van der Waals surface area contributed by atoms with Crippen LogP contribution in [0.5, 0.6) is 0 Å². The Kier molecular flexibility index (Phi) is 5.55. The van der Waals surface area contributed by atoms with Gasteiger partial charge in [0.25, 0.3) is 0 Å². The van der Waals surface area contributed by atoms with Gasteiger partial charge in [-0.2, -0.15) is 0 Å². The van der Waals surface area contributed by atoms with Crippen LogP contribution in [-0.4, -0.2) is 12.5 Å². The lowest BCUT2D eigenvalue weighted by molar-refractivity contribution is -0.131. The van der Waals surface area contributed by atoms with E-state index in [4.69, 9.17) is 6.42 Å². The molecule has 0 atom stereocenters. The topological polar surface area (TPSA) is 29.1 Å². The van der Waals surface area contributed by atoms with Crippen LogP contribution in [0.25, 0.3) is 0 Å². The second kappa shape index (κ2) is 6.69. The van der Waals surface area contributed by atoms with Crippen LogP contribution in [0.15, 0.2) is 0 Å². The van der Waals surface area contributed by atoms with Gasteiger partial charge in [-0.3, -0.25) is 4.79 Å². The second-order valence-corrected chi connectivity index (χ2v) is 5.65. The van der Waals surface area contributed by atoms with Crippen molar-refractivity contribution in [3.05, 3.63) is 0 Å². The summed E-state index contributed by atoms with van der Waals surface area (Å²) in [6.07, 6.45) is 12.4. The maximum Gasteiger partial charge on any atom is 0.226 e. The van der Waals surface area contributed by atoms with Gasteiger partial charge in [0.15, 0.2) is 0 Å². The van der Waals surface area contributed by atoms with Gasteiger partial charge < -0.3 is 5.32 Å². The first kappa shape index (κ1) is 14.1. The molecule has 1 aliphatic rings. The Morgan fingerprint density at radius 3 is 2.59 bits per heavy atom. The van der Waals surface area contributed by atoms with Crippen molar-refractivity contribution in [1.29, 1.82) is 0 Å². The van der Waals surface area contributed by atoms with E-state index in [9.17, 15) is 4.79 Å². The number of hydrogen-bond donors (Lipinski definition) is 1. The van der Waals surface area contributed by atoms with E-state index in [1.54, 1.807) is 0 Å². The first-order valence-corrected chi connectivity index (χ1v) is 6.82. The Morgan fingerprint density at radius 2 is 2.06 bits per heavy atom. The smallest absolute Gasteiger partial charge is 0.226 e. The molecule has 1 fully saturated rings. The van der Waals surface area contributed by atoms with Gasteiger partial charge in [-0.25, -0.2) is 0 Å². The number of terminal acetylenes is 1. The minimum Gasteiger partial charge on any atom is -0.356 e.